The van der Waals surface area contributed by atoms with Crippen molar-refractivity contribution in [2.45, 2.75) is 30.6 Å². The summed E-state index contributed by atoms with van der Waals surface area (Å²) in [6.07, 6.45) is 6.13. The Morgan fingerprint density at radius 3 is 2.34 bits per heavy atom. The molecule has 3 N–H and O–H groups in total. The zero-order chi connectivity index (χ0) is 21.1. The van der Waals surface area contributed by atoms with Gasteiger partial charge in [-0.1, -0.05) is 30.7 Å². The normalized spacial score (nSPS) is 11.2. The number of carbonyl (C=O) groups is 2. The van der Waals surface area contributed by atoms with Gasteiger partial charge in [-0.2, -0.15) is 0 Å². The maximum absolute atomic E-state index is 13.3. The van der Waals surface area contributed by atoms with Gasteiger partial charge in [0.2, 0.25) is 5.91 Å². The molecule has 2 rings (SSSR count). The molecule has 0 atom stereocenters. The number of thioether (sulfide) groups is 1. The van der Waals surface area contributed by atoms with Crippen molar-refractivity contribution < 1.29 is 19.2 Å². The molecule has 0 spiro atoms. The zero-order valence-corrected chi connectivity index (χ0v) is 17.1. The summed E-state index contributed by atoms with van der Waals surface area (Å²) in [5.41, 5.74) is 3.58. The highest BCUT2D eigenvalue weighted by atomic mass is 32.2. The SMILES string of the molecule is CSc1ccc(C=C(C(=O)NCCCCCC(=O)NO)c2ccc(F)cc2)cc1. The number of hydrogen-bond donors (Lipinski definition) is 3. The van der Waals surface area contributed by atoms with Crippen LogP contribution >= 0.6 is 11.8 Å². The van der Waals surface area contributed by atoms with Crippen molar-refractivity contribution in [1.29, 1.82) is 0 Å². The Labute approximate surface area is 174 Å². The van der Waals surface area contributed by atoms with Gasteiger partial charge in [-0.3, -0.25) is 14.8 Å². The molecule has 154 valence electrons. The molecule has 0 aliphatic carbocycles. The Morgan fingerprint density at radius 1 is 1.03 bits per heavy atom. The highest BCUT2D eigenvalue weighted by Crippen LogP contribution is 2.21. The Kier molecular flexibility index (Phi) is 9.40. The summed E-state index contributed by atoms with van der Waals surface area (Å²) in [5.74, 6) is -1.01. The molecule has 2 aromatic carbocycles. The maximum Gasteiger partial charge on any atom is 0.251 e. The number of carbonyl (C=O) groups excluding carboxylic acids is 2. The van der Waals surface area contributed by atoms with Gasteiger partial charge < -0.3 is 5.32 Å². The fourth-order valence-corrected chi connectivity index (χ4v) is 3.12. The summed E-state index contributed by atoms with van der Waals surface area (Å²) < 4.78 is 13.3. The molecule has 0 bridgehead atoms. The summed E-state index contributed by atoms with van der Waals surface area (Å²) in [5, 5.41) is 11.3. The van der Waals surface area contributed by atoms with Crippen LogP contribution in [0.2, 0.25) is 0 Å². The average molecular weight is 417 g/mol. The predicted molar refractivity (Wildman–Crippen MR) is 114 cm³/mol. The second-order valence-electron chi connectivity index (χ2n) is 6.44. The van der Waals surface area contributed by atoms with E-state index in [0.717, 1.165) is 16.9 Å². The number of nitrogens with one attached hydrogen (secondary N) is 2. The van der Waals surface area contributed by atoms with E-state index in [-0.39, 0.29) is 18.1 Å². The fraction of sp³-hybridized carbons (Fsp3) is 0.273. The van der Waals surface area contributed by atoms with Gasteiger partial charge >= 0.3 is 0 Å². The minimum Gasteiger partial charge on any atom is -0.352 e. The van der Waals surface area contributed by atoms with E-state index in [0.29, 0.717) is 30.5 Å². The molecule has 7 heteroatoms. The quantitative estimate of drug-likeness (QED) is 0.135. The Bertz CT molecular complexity index is 836. The first-order chi connectivity index (χ1) is 14.0. The van der Waals surface area contributed by atoms with E-state index >= 15 is 0 Å². The Hall–Kier alpha value is -2.64. The van der Waals surface area contributed by atoms with Crippen LogP contribution in [0.5, 0.6) is 0 Å². The van der Waals surface area contributed by atoms with Gasteiger partial charge in [-0.25, -0.2) is 9.87 Å². The molecule has 2 aromatic rings. The summed E-state index contributed by atoms with van der Waals surface area (Å²) in [6.45, 7) is 0.462. The van der Waals surface area contributed by atoms with Crippen LogP contribution in [0.4, 0.5) is 4.39 Å². The number of hydroxylamine groups is 1. The van der Waals surface area contributed by atoms with Crippen molar-refractivity contribution in [3.63, 3.8) is 0 Å². The van der Waals surface area contributed by atoms with Crippen LogP contribution in [-0.2, 0) is 9.59 Å². The van der Waals surface area contributed by atoms with Gasteiger partial charge in [0.05, 0.1) is 0 Å². The second-order valence-corrected chi connectivity index (χ2v) is 7.32. The molecule has 29 heavy (non-hydrogen) atoms. The number of halogens is 1. The summed E-state index contributed by atoms with van der Waals surface area (Å²) in [6, 6.07) is 13.7. The molecule has 0 aromatic heterocycles. The van der Waals surface area contributed by atoms with Crippen molar-refractivity contribution >= 4 is 35.2 Å². The van der Waals surface area contributed by atoms with Crippen molar-refractivity contribution in [2.75, 3.05) is 12.8 Å². The molecule has 0 saturated heterocycles. The van der Waals surface area contributed by atoms with Crippen LogP contribution in [0.25, 0.3) is 11.6 Å². The number of amides is 2. The molecule has 0 heterocycles. The van der Waals surface area contributed by atoms with Crippen LogP contribution in [0.3, 0.4) is 0 Å². The third-order valence-electron chi connectivity index (χ3n) is 4.32. The summed E-state index contributed by atoms with van der Waals surface area (Å²) in [7, 11) is 0. The van der Waals surface area contributed by atoms with Crippen LogP contribution in [-0.4, -0.2) is 29.8 Å². The zero-order valence-electron chi connectivity index (χ0n) is 16.3. The smallest absolute Gasteiger partial charge is 0.251 e. The van der Waals surface area contributed by atoms with Crippen molar-refractivity contribution in [3.05, 3.63) is 65.5 Å². The van der Waals surface area contributed by atoms with E-state index < -0.39 is 5.91 Å². The molecule has 0 unspecified atom stereocenters. The monoisotopic (exact) mass is 416 g/mol. The first-order valence-electron chi connectivity index (χ1n) is 9.36. The van der Waals surface area contributed by atoms with Gasteiger partial charge in [-0.05, 0) is 60.6 Å². The molecule has 0 radical (unpaired) electrons. The topological polar surface area (TPSA) is 78.4 Å². The highest BCUT2D eigenvalue weighted by Gasteiger charge is 2.12. The van der Waals surface area contributed by atoms with E-state index in [4.69, 9.17) is 5.21 Å². The third-order valence-corrected chi connectivity index (χ3v) is 5.06. The molecular weight excluding hydrogens is 391 g/mol. The number of benzene rings is 2. The van der Waals surface area contributed by atoms with Crippen molar-refractivity contribution in [2.24, 2.45) is 0 Å². The van der Waals surface area contributed by atoms with Crippen molar-refractivity contribution in [3.8, 4) is 0 Å². The van der Waals surface area contributed by atoms with E-state index in [9.17, 15) is 14.0 Å². The second kappa shape index (κ2) is 12.0. The molecule has 0 aliphatic heterocycles. The Balaban J connectivity index is 2.04. The minimum absolute atomic E-state index is 0.237. The largest absolute Gasteiger partial charge is 0.352 e. The number of hydrogen-bond acceptors (Lipinski definition) is 4. The number of rotatable bonds is 10. The average Bonchev–Trinajstić information content (AvgIpc) is 2.75. The molecular formula is C22H25FN2O3S. The first kappa shape index (κ1) is 22.6. The standard InChI is InChI=1S/C22H25FN2O3S/c1-29-19-12-6-16(7-13-19)15-20(17-8-10-18(23)11-9-17)22(27)24-14-4-2-3-5-21(26)25-28/h6-13,15,28H,2-5,14H2,1H3,(H,24,27)(H,25,26). The fourth-order valence-electron chi connectivity index (χ4n) is 2.72. The van der Waals surface area contributed by atoms with E-state index in [2.05, 4.69) is 5.32 Å². The van der Waals surface area contributed by atoms with Crippen LogP contribution in [0, 0.1) is 5.82 Å². The van der Waals surface area contributed by atoms with E-state index in [1.807, 2.05) is 30.5 Å². The molecule has 2 amide bonds. The van der Waals surface area contributed by atoms with Crippen molar-refractivity contribution in [1.82, 2.24) is 10.8 Å². The van der Waals surface area contributed by atoms with Crippen LogP contribution in [0.15, 0.2) is 53.4 Å². The van der Waals surface area contributed by atoms with Crippen LogP contribution < -0.4 is 10.8 Å². The molecule has 0 saturated carbocycles. The van der Waals surface area contributed by atoms with Gasteiger partial charge in [0.25, 0.3) is 5.91 Å². The maximum atomic E-state index is 13.3. The summed E-state index contributed by atoms with van der Waals surface area (Å²) in [4.78, 5) is 24.9. The lowest BCUT2D eigenvalue weighted by Crippen LogP contribution is -2.25. The first-order valence-corrected chi connectivity index (χ1v) is 10.6. The lowest BCUT2D eigenvalue weighted by molar-refractivity contribution is -0.129. The number of unbranched alkanes of at least 4 members (excludes halogenated alkanes) is 2. The van der Waals surface area contributed by atoms with E-state index in [1.54, 1.807) is 35.5 Å². The molecule has 0 fully saturated rings. The Morgan fingerprint density at radius 2 is 1.72 bits per heavy atom. The summed E-state index contributed by atoms with van der Waals surface area (Å²) >= 11 is 1.64. The predicted octanol–water partition coefficient (Wildman–Crippen LogP) is 4.27. The third kappa shape index (κ3) is 7.71. The van der Waals surface area contributed by atoms with Crippen LogP contribution in [0.1, 0.15) is 36.8 Å². The van der Waals surface area contributed by atoms with Gasteiger partial charge in [0, 0.05) is 23.4 Å². The van der Waals surface area contributed by atoms with Gasteiger partial charge in [0.15, 0.2) is 0 Å². The van der Waals surface area contributed by atoms with E-state index in [1.165, 1.54) is 12.1 Å². The molecule has 5 nitrogen and oxygen atoms in total. The minimum atomic E-state index is -0.414. The molecule has 0 aliphatic rings. The highest BCUT2D eigenvalue weighted by molar-refractivity contribution is 7.98. The lowest BCUT2D eigenvalue weighted by Gasteiger charge is -2.10. The van der Waals surface area contributed by atoms with Gasteiger partial charge in [0.1, 0.15) is 5.82 Å². The van der Waals surface area contributed by atoms with Gasteiger partial charge in [-0.15, -0.1) is 11.8 Å². The lowest BCUT2D eigenvalue weighted by atomic mass is 10.0.